The molecular formula is C14H12BrNO2. The van der Waals surface area contributed by atoms with Crippen molar-refractivity contribution in [1.29, 1.82) is 0 Å². The zero-order valence-electron chi connectivity index (χ0n) is 9.60. The van der Waals surface area contributed by atoms with E-state index in [4.69, 9.17) is 10.5 Å². The Morgan fingerprint density at radius 3 is 2.56 bits per heavy atom. The zero-order chi connectivity index (χ0) is 13.0. The number of carbonyl (C=O) groups is 1. The van der Waals surface area contributed by atoms with Crippen LogP contribution in [0.2, 0.25) is 0 Å². The molecule has 4 heteroatoms. The Kier molecular flexibility index (Phi) is 3.99. The molecule has 0 spiro atoms. The smallest absolute Gasteiger partial charge is 0.338 e. The van der Waals surface area contributed by atoms with Gasteiger partial charge in [0.25, 0.3) is 0 Å². The summed E-state index contributed by atoms with van der Waals surface area (Å²) in [6, 6.07) is 14.5. The van der Waals surface area contributed by atoms with E-state index in [2.05, 4.69) is 15.9 Å². The number of benzene rings is 2. The van der Waals surface area contributed by atoms with Crippen molar-refractivity contribution in [3.63, 3.8) is 0 Å². The highest BCUT2D eigenvalue weighted by molar-refractivity contribution is 9.10. The standard InChI is InChI=1S/C14H12BrNO2/c15-12-8-11(6-7-13(12)16)14(17)18-9-10-4-2-1-3-5-10/h1-8H,9,16H2. The molecule has 0 aliphatic heterocycles. The van der Waals surface area contributed by atoms with E-state index in [0.29, 0.717) is 15.7 Å². The number of hydrogen-bond donors (Lipinski definition) is 1. The number of ether oxygens (including phenoxy) is 1. The molecule has 0 aromatic heterocycles. The van der Waals surface area contributed by atoms with Crippen LogP contribution in [-0.4, -0.2) is 5.97 Å². The Bertz CT molecular complexity index is 555. The molecule has 0 saturated heterocycles. The van der Waals surface area contributed by atoms with Gasteiger partial charge in [0.1, 0.15) is 6.61 Å². The number of halogens is 1. The van der Waals surface area contributed by atoms with Gasteiger partial charge in [-0.25, -0.2) is 4.79 Å². The summed E-state index contributed by atoms with van der Waals surface area (Å²) in [4.78, 5) is 11.8. The van der Waals surface area contributed by atoms with Crippen molar-refractivity contribution in [2.24, 2.45) is 0 Å². The molecular weight excluding hydrogens is 294 g/mol. The first-order valence-corrected chi connectivity index (χ1v) is 6.22. The molecule has 0 radical (unpaired) electrons. The number of hydrogen-bond acceptors (Lipinski definition) is 3. The Hall–Kier alpha value is -1.81. The first kappa shape index (κ1) is 12.6. The summed E-state index contributed by atoms with van der Waals surface area (Å²) in [6.45, 7) is 0.266. The van der Waals surface area contributed by atoms with Crippen molar-refractivity contribution in [1.82, 2.24) is 0 Å². The molecule has 2 aromatic carbocycles. The van der Waals surface area contributed by atoms with Gasteiger partial charge >= 0.3 is 5.97 Å². The molecule has 0 fully saturated rings. The van der Waals surface area contributed by atoms with Crippen molar-refractivity contribution in [2.45, 2.75) is 6.61 Å². The Morgan fingerprint density at radius 1 is 1.17 bits per heavy atom. The van der Waals surface area contributed by atoms with Gasteiger partial charge in [-0.3, -0.25) is 0 Å². The second-order valence-corrected chi connectivity index (χ2v) is 4.65. The number of carbonyl (C=O) groups excluding carboxylic acids is 1. The van der Waals surface area contributed by atoms with Crippen LogP contribution in [0.1, 0.15) is 15.9 Å². The SMILES string of the molecule is Nc1ccc(C(=O)OCc2ccccc2)cc1Br. The highest BCUT2D eigenvalue weighted by atomic mass is 79.9. The Morgan fingerprint density at radius 2 is 1.89 bits per heavy atom. The number of nitrogens with two attached hydrogens (primary N) is 1. The van der Waals surface area contributed by atoms with Gasteiger partial charge in [0.2, 0.25) is 0 Å². The maximum atomic E-state index is 11.8. The van der Waals surface area contributed by atoms with Crippen LogP contribution in [0.15, 0.2) is 53.0 Å². The number of nitrogen functional groups attached to an aromatic ring is 1. The highest BCUT2D eigenvalue weighted by Crippen LogP contribution is 2.21. The van der Waals surface area contributed by atoms with Crippen LogP contribution in [0.5, 0.6) is 0 Å². The minimum Gasteiger partial charge on any atom is -0.457 e. The monoisotopic (exact) mass is 305 g/mol. The quantitative estimate of drug-likeness (QED) is 0.698. The molecule has 3 nitrogen and oxygen atoms in total. The summed E-state index contributed by atoms with van der Waals surface area (Å²) < 4.78 is 5.90. The number of rotatable bonds is 3. The predicted molar refractivity (Wildman–Crippen MR) is 74.1 cm³/mol. The molecule has 0 aliphatic carbocycles. The van der Waals surface area contributed by atoms with E-state index in [9.17, 15) is 4.79 Å². The van der Waals surface area contributed by atoms with Gasteiger partial charge in [-0.15, -0.1) is 0 Å². The van der Waals surface area contributed by atoms with E-state index in [0.717, 1.165) is 5.56 Å². The lowest BCUT2D eigenvalue weighted by atomic mass is 10.2. The molecule has 0 amide bonds. The second kappa shape index (κ2) is 5.69. The third kappa shape index (κ3) is 3.11. The van der Waals surface area contributed by atoms with Gasteiger partial charge in [0.05, 0.1) is 5.56 Å². The first-order valence-electron chi connectivity index (χ1n) is 5.43. The Labute approximate surface area is 114 Å². The van der Waals surface area contributed by atoms with Crippen molar-refractivity contribution in [3.05, 3.63) is 64.1 Å². The van der Waals surface area contributed by atoms with Gasteiger partial charge in [-0.2, -0.15) is 0 Å². The first-order chi connectivity index (χ1) is 8.66. The van der Waals surface area contributed by atoms with E-state index in [-0.39, 0.29) is 12.6 Å². The predicted octanol–water partition coefficient (Wildman–Crippen LogP) is 3.39. The summed E-state index contributed by atoms with van der Waals surface area (Å²) in [5.41, 5.74) is 7.68. The maximum Gasteiger partial charge on any atom is 0.338 e. The van der Waals surface area contributed by atoms with E-state index in [1.807, 2.05) is 30.3 Å². The normalized spacial score (nSPS) is 10.1. The minimum absolute atomic E-state index is 0.266. The summed E-state index contributed by atoms with van der Waals surface area (Å²) in [5, 5.41) is 0. The average molecular weight is 306 g/mol. The van der Waals surface area contributed by atoms with Crippen molar-refractivity contribution < 1.29 is 9.53 Å². The second-order valence-electron chi connectivity index (χ2n) is 3.80. The fourth-order valence-corrected chi connectivity index (χ4v) is 1.84. The molecule has 0 unspecified atom stereocenters. The lowest BCUT2D eigenvalue weighted by Gasteiger charge is -2.06. The number of anilines is 1. The van der Waals surface area contributed by atoms with Crippen LogP contribution >= 0.6 is 15.9 Å². The summed E-state index contributed by atoms with van der Waals surface area (Å²) >= 11 is 3.28. The van der Waals surface area contributed by atoms with Crippen molar-refractivity contribution in [2.75, 3.05) is 5.73 Å². The average Bonchev–Trinajstić information content (AvgIpc) is 2.40. The molecule has 0 aliphatic rings. The molecule has 0 atom stereocenters. The molecule has 2 aromatic rings. The fourth-order valence-electron chi connectivity index (χ4n) is 1.46. The Balaban J connectivity index is 2.02. The fraction of sp³-hybridized carbons (Fsp3) is 0.0714. The molecule has 0 bridgehead atoms. The van der Waals surface area contributed by atoms with Gasteiger partial charge in [0, 0.05) is 10.2 Å². The highest BCUT2D eigenvalue weighted by Gasteiger charge is 2.08. The molecule has 0 heterocycles. The van der Waals surface area contributed by atoms with Crippen LogP contribution in [0.4, 0.5) is 5.69 Å². The summed E-state index contributed by atoms with van der Waals surface area (Å²) in [6.07, 6.45) is 0. The van der Waals surface area contributed by atoms with Crippen LogP contribution in [0, 0.1) is 0 Å². The van der Waals surface area contributed by atoms with Crippen LogP contribution < -0.4 is 5.73 Å². The van der Waals surface area contributed by atoms with Gasteiger partial charge in [-0.05, 0) is 39.7 Å². The molecule has 2 N–H and O–H groups in total. The number of esters is 1. The summed E-state index contributed by atoms with van der Waals surface area (Å²) in [7, 11) is 0. The van der Waals surface area contributed by atoms with E-state index >= 15 is 0 Å². The summed E-state index contributed by atoms with van der Waals surface area (Å²) in [5.74, 6) is -0.362. The van der Waals surface area contributed by atoms with Gasteiger partial charge < -0.3 is 10.5 Å². The van der Waals surface area contributed by atoms with Gasteiger partial charge in [0.15, 0.2) is 0 Å². The third-order valence-corrected chi connectivity index (χ3v) is 3.14. The van der Waals surface area contributed by atoms with Crippen molar-refractivity contribution in [3.8, 4) is 0 Å². The van der Waals surface area contributed by atoms with Gasteiger partial charge in [-0.1, -0.05) is 30.3 Å². The van der Waals surface area contributed by atoms with Crippen LogP contribution in [0.3, 0.4) is 0 Å². The molecule has 0 saturated carbocycles. The third-order valence-electron chi connectivity index (χ3n) is 2.45. The molecule has 92 valence electrons. The zero-order valence-corrected chi connectivity index (χ0v) is 11.2. The lowest BCUT2D eigenvalue weighted by molar-refractivity contribution is 0.0472. The topological polar surface area (TPSA) is 52.3 Å². The lowest BCUT2D eigenvalue weighted by Crippen LogP contribution is -2.05. The van der Waals surface area contributed by atoms with Crippen LogP contribution in [0.25, 0.3) is 0 Å². The van der Waals surface area contributed by atoms with Crippen molar-refractivity contribution >= 4 is 27.6 Å². The maximum absolute atomic E-state index is 11.8. The largest absolute Gasteiger partial charge is 0.457 e. The minimum atomic E-state index is -0.362. The molecule has 18 heavy (non-hydrogen) atoms. The van der Waals surface area contributed by atoms with E-state index in [1.165, 1.54) is 0 Å². The molecule has 2 rings (SSSR count). The van der Waals surface area contributed by atoms with E-state index < -0.39 is 0 Å². The van der Waals surface area contributed by atoms with Crippen LogP contribution in [-0.2, 0) is 11.3 Å². The van der Waals surface area contributed by atoms with E-state index in [1.54, 1.807) is 18.2 Å².